The van der Waals surface area contributed by atoms with Crippen LogP contribution in [0.15, 0.2) is 23.2 Å². The first-order chi connectivity index (χ1) is 14.0. The lowest BCUT2D eigenvalue weighted by Crippen LogP contribution is -2.55. The van der Waals surface area contributed by atoms with Crippen molar-refractivity contribution in [1.29, 1.82) is 0 Å². The number of amides is 1. The minimum atomic E-state index is -1.37. The van der Waals surface area contributed by atoms with Crippen molar-refractivity contribution >= 4 is 28.7 Å². The summed E-state index contributed by atoms with van der Waals surface area (Å²) < 4.78 is 34.2. The van der Waals surface area contributed by atoms with Crippen LogP contribution in [0.25, 0.3) is 0 Å². The Morgan fingerprint density at radius 1 is 1.50 bits per heavy atom. The number of nitrogens with zero attached hydrogens (tertiary/aromatic N) is 3. The number of hydrogen-bond acceptors (Lipinski definition) is 6. The SMILES string of the molecule is CC(C)(C)N(C(=O)O)C1=N[C@]2(c3cc([N+](=O)[O-])ccc3F)CCO[C@@H](CF)[C@H]2CS1. The Kier molecular flexibility index (Phi) is 6.06. The van der Waals surface area contributed by atoms with E-state index in [2.05, 4.69) is 4.99 Å². The summed E-state index contributed by atoms with van der Waals surface area (Å²) in [5.41, 5.74) is -2.56. The van der Waals surface area contributed by atoms with Gasteiger partial charge in [-0.05, 0) is 26.8 Å². The van der Waals surface area contributed by atoms with Gasteiger partial charge in [0.15, 0.2) is 5.17 Å². The molecule has 0 unspecified atom stereocenters. The molecule has 1 fully saturated rings. The summed E-state index contributed by atoms with van der Waals surface area (Å²) in [5.74, 6) is -1.09. The maximum Gasteiger partial charge on any atom is 0.413 e. The van der Waals surface area contributed by atoms with Crippen molar-refractivity contribution in [3.63, 3.8) is 0 Å². The van der Waals surface area contributed by atoms with Gasteiger partial charge in [0.1, 0.15) is 12.5 Å². The summed E-state index contributed by atoms with van der Waals surface area (Å²) in [6.45, 7) is 4.34. The number of fused-ring (bicyclic) bond motifs is 1. The minimum absolute atomic E-state index is 0.0412. The fourth-order valence-electron chi connectivity index (χ4n) is 4.00. The predicted octanol–water partition coefficient (Wildman–Crippen LogP) is 4.19. The smallest absolute Gasteiger partial charge is 0.413 e. The van der Waals surface area contributed by atoms with Crippen molar-refractivity contribution in [1.82, 2.24) is 4.90 Å². The molecule has 1 saturated heterocycles. The normalized spacial score (nSPS) is 26.5. The van der Waals surface area contributed by atoms with Gasteiger partial charge < -0.3 is 9.84 Å². The van der Waals surface area contributed by atoms with Gasteiger partial charge in [-0.2, -0.15) is 0 Å². The molecule has 2 aliphatic rings. The second kappa shape index (κ2) is 8.10. The second-order valence-electron chi connectivity index (χ2n) is 8.26. The van der Waals surface area contributed by atoms with E-state index in [1.807, 2.05) is 0 Å². The van der Waals surface area contributed by atoms with E-state index in [0.29, 0.717) is 0 Å². The molecule has 1 amide bonds. The van der Waals surface area contributed by atoms with Crippen molar-refractivity contribution in [2.45, 2.75) is 44.4 Å². The summed E-state index contributed by atoms with van der Waals surface area (Å²) in [6.07, 6.45) is -1.95. The number of rotatable bonds is 3. The number of nitro groups is 1. The van der Waals surface area contributed by atoms with Crippen LogP contribution in [0.5, 0.6) is 0 Å². The molecule has 2 heterocycles. The number of halogens is 2. The number of ether oxygens (including phenoxy) is 1. The highest BCUT2D eigenvalue weighted by atomic mass is 32.2. The van der Waals surface area contributed by atoms with Gasteiger partial charge in [0.2, 0.25) is 0 Å². The predicted molar refractivity (Wildman–Crippen MR) is 108 cm³/mol. The summed E-state index contributed by atoms with van der Waals surface area (Å²) in [5, 5.41) is 21.2. The topological polar surface area (TPSA) is 105 Å². The maximum atomic E-state index is 15.0. The molecule has 0 spiro atoms. The first kappa shape index (κ1) is 22.4. The van der Waals surface area contributed by atoms with Crippen LogP contribution in [-0.4, -0.2) is 56.9 Å². The molecule has 1 aromatic carbocycles. The molecule has 3 rings (SSSR count). The standard InChI is InChI=1S/C19H23F2N3O5S/c1-18(2,3)23(17(25)26)16-22-19(6-7-29-15(9-20)13(19)10-30-16)12-8-11(24(27)28)4-5-14(12)21/h4-5,8,13,15H,6-7,9-10H2,1-3H3,(H,25,26)/t13-,15+,19+/m1/s1. The zero-order valence-corrected chi connectivity index (χ0v) is 17.6. The van der Waals surface area contributed by atoms with Crippen LogP contribution in [0.3, 0.4) is 0 Å². The monoisotopic (exact) mass is 443 g/mol. The average Bonchev–Trinajstić information content (AvgIpc) is 2.65. The van der Waals surface area contributed by atoms with E-state index in [1.54, 1.807) is 20.8 Å². The Hall–Kier alpha value is -2.27. The van der Waals surface area contributed by atoms with Crippen molar-refractivity contribution in [3.05, 3.63) is 39.7 Å². The van der Waals surface area contributed by atoms with Crippen molar-refractivity contribution in [2.24, 2.45) is 10.9 Å². The Labute approximate surface area is 176 Å². The van der Waals surface area contributed by atoms with E-state index >= 15 is 0 Å². The molecule has 30 heavy (non-hydrogen) atoms. The molecule has 8 nitrogen and oxygen atoms in total. The van der Waals surface area contributed by atoms with E-state index in [9.17, 15) is 28.8 Å². The molecule has 3 atom stereocenters. The number of benzene rings is 1. The van der Waals surface area contributed by atoms with Crippen molar-refractivity contribution in [2.75, 3.05) is 19.0 Å². The number of non-ortho nitro benzene ring substituents is 1. The van der Waals surface area contributed by atoms with E-state index in [-0.39, 0.29) is 35.2 Å². The zero-order valence-electron chi connectivity index (χ0n) is 16.8. The number of aliphatic imine (C=N–C) groups is 1. The number of carbonyl (C=O) groups is 1. The molecule has 0 aliphatic carbocycles. The molecule has 2 aliphatic heterocycles. The van der Waals surface area contributed by atoms with Crippen LogP contribution in [0.2, 0.25) is 0 Å². The van der Waals surface area contributed by atoms with Gasteiger partial charge in [-0.1, -0.05) is 11.8 Å². The van der Waals surface area contributed by atoms with E-state index < -0.39 is 46.6 Å². The highest BCUT2D eigenvalue weighted by Gasteiger charge is 2.53. The number of alkyl halides is 1. The molecule has 0 radical (unpaired) electrons. The third-order valence-electron chi connectivity index (χ3n) is 5.40. The lowest BCUT2D eigenvalue weighted by molar-refractivity contribution is -0.385. The number of nitro benzene ring substituents is 1. The molecule has 0 bridgehead atoms. The maximum absolute atomic E-state index is 15.0. The first-order valence-corrected chi connectivity index (χ1v) is 10.4. The quantitative estimate of drug-likeness (QED) is 0.555. The highest BCUT2D eigenvalue weighted by Crippen LogP contribution is 2.50. The zero-order chi connectivity index (χ0) is 22.3. The molecule has 1 N–H and O–H groups in total. The first-order valence-electron chi connectivity index (χ1n) is 9.39. The average molecular weight is 443 g/mol. The lowest BCUT2D eigenvalue weighted by atomic mass is 9.72. The third-order valence-corrected chi connectivity index (χ3v) is 6.45. The van der Waals surface area contributed by atoms with Gasteiger partial charge >= 0.3 is 6.09 Å². The van der Waals surface area contributed by atoms with Crippen LogP contribution in [0, 0.1) is 21.8 Å². The Bertz CT molecular complexity index is 891. The van der Waals surface area contributed by atoms with Crippen LogP contribution >= 0.6 is 11.8 Å². The number of thioether (sulfide) groups is 1. The van der Waals surface area contributed by atoms with E-state index in [1.165, 1.54) is 0 Å². The molecule has 0 saturated carbocycles. The largest absolute Gasteiger partial charge is 0.465 e. The molecule has 11 heteroatoms. The van der Waals surface area contributed by atoms with E-state index in [0.717, 1.165) is 34.9 Å². The minimum Gasteiger partial charge on any atom is -0.465 e. The summed E-state index contributed by atoms with van der Waals surface area (Å²) in [4.78, 5) is 28.4. The summed E-state index contributed by atoms with van der Waals surface area (Å²) in [6, 6.07) is 3.16. The Balaban J connectivity index is 2.25. The molecule has 0 aromatic heterocycles. The van der Waals surface area contributed by atoms with Crippen molar-refractivity contribution < 1.29 is 28.3 Å². The van der Waals surface area contributed by atoms with E-state index in [4.69, 9.17) is 4.74 Å². The van der Waals surface area contributed by atoms with Crippen LogP contribution < -0.4 is 0 Å². The lowest BCUT2D eigenvalue weighted by Gasteiger charge is -2.49. The Morgan fingerprint density at radius 2 is 2.20 bits per heavy atom. The van der Waals surface area contributed by atoms with Gasteiger partial charge in [0.25, 0.3) is 5.69 Å². The third kappa shape index (κ3) is 3.87. The molecule has 1 aromatic rings. The van der Waals surface area contributed by atoms with Gasteiger partial charge in [0.05, 0.1) is 16.6 Å². The Morgan fingerprint density at radius 3 is 2.77 bits per heavy atom. The van der Waals surface area contributed by atoms with Crippen LogP contribution in [0.4, 0.5) is 19.3 Å². The number of hydrogen-bond donors (Lipinski definition) is 1. The summed E-state index contributed by atoms with van der Waals surface area (Å²) in [7, 11) is 0. The van der Waals surface area contributed by atoms with Crippen molar-refractivity contribution in [3.8, 4) is 0 Å². The van der Waals surface area contributed by atoms with Gasteiger partial charge in [-0.15, -0.1) is 0 Å². The number of amidine groups is 1. The summed E-state index contributed by atoms with van der Waals surface area (Å²) >= 11 is 1.13. The van der Waals surface area contributed by atoms with Gasteiger partial charge in [-0.25, -0.2) is 18.6 Å². The fourth-order valence-corrected chi connectivity index (χ4v) is 5.53. The highest BCUT2D eigenvalue weighted by molar-refractivity contribution is 8.13. The van der Waals surface area contributed by atoms with Crippen LogP contribution in [-0.2, 0) is 10.3 Å². The van der Waals surface area contributed by atoms with Crippen LogP contribution in [0.1, 0.15) is 32.8 Å². The number of carboxylic acid groups (broad SMARTS) is 1. The van der Waals surface area contributed by atoms with Gasteiger partial charge in [-0.3, -0.25) is 15.0 Å². The molecular weight excluding hydrogens is 420 g/mol. The molecule has 164 valence electrons. The van der Waals surface area contributed by atoms with Gasteiger partial charge in [0, 0.05) is 47.9 Å². The molecular formula is C19H23F2N3O5S. The second-order valence-corrected chi connectivity index (χ2v) is 9.25. The fraction of sp³-hybridized carbons (Fsp3) is 0.579.